The second kappa shape index (κ2) is 7.99. The van der Waals surface area contributed by atoms with Crippen LogP contribution in [0.15, 0.2) is 53.1 Å². The Morgan fingerprint density at radius 2 is 1.75 bits per heavy atom. The van der Waals surface area contributed by atoms with E-state index < -0.39 is 46.5 Å². The Hall–Kier alpha value is -4.04. The first-order valence-corrected chi connectivity index (χ1v) is 11.6. The molecule has 0 spiro atoms. The Morgan fingerprint density at radius 1 is 1.03 bits per heavy atom. The van der Waals surface area contributed by atoms with Crippen molar-refractivity contribution in [2.75, 3.05) is 0 Å². The molecule has 0 radical (unpaired) electrons. The highest BCUT2D eigenvalue weighted by molar-refractivity contribution is 6.33. The fourth-order valence-electron chi connectivity index (χ4n) is 6.11. The number of ketones is 3. The molecule has 0 saturated heterocycles. The van der Waals surface area contributed by atoms with Crippen molar-refractivity contribution >= 4 is 29.1 Å². The number of carboxylic acids is 1. The van der Waals surface area contributed by atoms with E-state index in [0.29, 0.717) is 22.3 Å². The number of carbonyl (C=O) groups excluding carboxylic acids is 3. The van der Waals surface area contributed by atoms with E-state index in [4.69, 9.17) is 0 Å². The van der Waals surface area contributed by atoms with E-state index in [-0.39, 0.29) is 47.3 Å². The number of aliphatic hydroxyl groups is 2. The highest BCUT2D eigenvalue weighted by atomic mass is 16.4. The van der Waals surface area contributed by atoms with Crippen LogP contribution in [0.5, 0.6) is 5.75 Å². The van der Waals surface area contributed by atoms with Crippen LogP contribution in [0.25, 0.3) is 16.9 Å². The molecule has 8 nitrogen and oxygen atoms in total. The van der Waals surface area contributed by atoms with Gasteiger partial charge in [0.1, 0.15) is 11.5 Å². The number of phenolic OH excluding ortho intramolecular Hbond substituents is 1. The summed E-state index contributed by atoms with van der Waals surface area (Å²) in [5, 5.41) is 42.7. The van der Waals surface area contributed by atoms with Crippen LogP contribution in [0.1, 0.15) is 48.2 Å². The molecule has 0 bridgehead atoms. The highest BCUT2D eigenvalue weighted by Gasteiger charge is 2.60. The van der Waals surface area contributed by atoms with Crippen LogP contribution in [-0.4, -0.2) is 49.3 Å². The van der Waals surface area contributed by atoms with Gasteiger partial charge in [-0.2, -0.15) is 0 Å². The largest absolute Gasteiger partial charge is 0.507 e. The van der Waals surface area contributed by atoms with Crippen molar-refractivity contribution in [1.29, 1.82) is 0 Å². The van der Waals surface area contributed by atoms with Crippen molar-refractivity contribution in [3.05, 3.63) is 69.8 Å². The zero-order chi connectivity index (χ0) is 26.1. The summed E-state index contributed by atoms with van der Waals surface area (Å²) in [6.45, 7) is 2.85. The van der Waals surface area contributed by atoms with Gasteiger partial charge in [0.25, 0.3) is 0 Å². The molecule has 0 aromatic heterocycles. The molecule has 0 aliphatic heterocycles. The summed E-state index contributed by atoms with van der Waals surface area (Å²) in [5.41, 5.74) is -0.458. The number of carboxylic acid groups (broad SMARTS) is 1. The Labute approximate surface area is 206 Å². The second-order valence-electron chi connectivity index (χ2n) is 9.81. The number of fused-ring (bicyclic) bond motifs is 3. The lowest BCUT2D eigenvalue weighted by Crippen LogP contribution is -2.61. The van der Waals surface area contributed by atoms with Gasteiger partial charge >= 0.3 is 5.97 Å². The van der Waals surface area contributed by atoms with Crippen LogP contribution in [0.3, 0.4) is 0 Å². The van der Waals surface area contributed by atoms with Crippen molar-refractivity contribution < 1.29 is 39.6 Å². The van der Waals surface area contributed by atoms with Gasteiger partial charge in [-0.25, -0.2) is 4.79 Å². The molecule has 3 aliphatic rings. The standard InChI is InChI=1S/C28H24O8/c1-12-8-17-10-16-11-19-18(14-4-3-5-15(9-14)27(34)35)6-7-20(30)23(19)24(31)22(16)26(33)28(17,36)25(32)21(12)13(2)29/h3-7,9,16-17,30-31,36H,8,10-11H2,1-2H3,(H,34,35). The number of carbonyl (C=O) groups is 4. The molecule has 3 unspecified atom stereocenters. The average Bonchev–Trinajstić information content (AvgIpc) is 2.81. The van der Waals surface area contributed by atoms with Gasteiger partial charge in [-0.15, -0.1) is 0 Å². The second-order valence-corrected chi connectivity index (χ2v) is 9.81. The van der Waals surface area contributed by atoms with Crippen LogP contribution in [0.2, 0.25) is 0 Å². The number of hydrogen-bond acceptors (Lipinski definition) is 7. The summed E-state index contributed by atoms with van der Waals surface area (Å²) in [5.74, 6) is -5.63. The van der Waals surface area contributed by atoms with Gasteiger partial charge in [0.2, 0.25) is 11.6 Å². The first-order chi connectivity index (χ1) is 17.0. The molecular weight excluding hydrogens is 464 g/mol. The number of aromatic carboxylic acids is 1. The van der Waals surface area contributed by atoms with Crippen LogP contribution < -0.4 is 0 Å². The summed E-state index contributed by atoms with van der Waals surface area (Å²) in [6.07, 6.45) is 0.623. The predicted molar refractivity (Wildman–Crippen MR) is 128 cm³/mol. The van der Waals surface area contributed by atoms with E-state index in [2.05, 4.69) is 0 Å². The Balaban J connectivity index is 1.68. The lowest BCUT2D eigenvalue weighted by molar-refractivity contribution is -0.157. The number of benzene rings is 2. The fraction of sp³-hybridized carbons (Fsp3) is 0.286. The molecule has 1 fully saturated rings. The molecule has 1 saturated carbocycles. The van der Waals surface area contributed by atoms with Crippen LogP contribution >= 0.6 is 0 Å². The van der Waals surface area contributed by atoms with Crippen molar-refractivity contribution in [3.8, 4) is 16.9 Å². The Bertz CT molecular complexity index is 1460. The van der Waals surface area contributed by atoms with Crippen molar-refractivity contribution in [3.63, 3.8) is 0 Å². The van der Waals surface area contributed by atoms with E-state index in [0.717, 1.165) is 0 Å². The summed E-state index contributed by atoms with van der Waals surface area (Å²) in [6, 6.07) is 9.24. The number of hydrogen-bond donors (Lipinski definition) is 4. The molecule has 184 valence electrons. The summed E-state index contributed by atoms with van der Waals surface area (Å²) in [4.78, 5) is 50.4. The van der Waals surface area contributed by atoms with Crippen LogP contribution in [0, 0.1) is 11.8 Å². The number of aliphatic hydroxyl groups excluding tert-OH is 1. The normalized spacial score (nSPS) is 25.3. The highest BCUT2D eigenvalue weighted by Crippen LogP contribution is 2.52. The zero-order valence-corrected chi connectivity index (χ0v) is 19.7. The molecule has 4 N–H and O–H groups in total. The molecule has 3 atom stereocenters. The SMILES string of the molecule is CC(=O)C1=C(C)CC2CC3Cc4c(-c5cccc(C(=O)O)c5)ccc(O)c4C(O)=C3C(=O)C2(O)C1=O. The summed E-state index contributed by atoms with van der Waals surface area (Å²) < 4.78 is 0. The van der Waals surface area contributed by atoms with Gasteiger partial charge in [0.15, 0.2) is 11.4 Å². The average molecular weight is 488 g/mol. The first kappa shape index (κ1) is 23.7. The molecule has 36 heavy (non-hydrogen) atoms. The maximum atomic E-state index is 13.6. The number of aromatic hydroxyl groups is 1. The van der Waals surface area contributed by atoms with Gasteiger partial charge in [0.05, 0.1) is 16.7 Å². The topological polar surface area (TPSA) is 149 Å². The van der Waals surface area contributed by atoms with E-state index in [9.17, 15) is 39.6 Å². The minimum Gasteiger partial charge on any atom is -0.507 e. The summed E-state index contributed by atoms with van der Waals surface area (Å²) >= 11 is 0. The number of phenols is 1. The minimum absolute atomic E-state index is 0.0108. The lowest BCUT2D eigenvalue weighted by Gasteiger charge is -2.46. The molecular formula is C28H24O8. The van der Waals surface area contributed by atoms with Crippen LogP contribution in [-0.2, 0) is 20.8 Å². The van der Waals surface area contributed by atoms with Crippen LogP contribution in [0.4, 0.5) is 0 Å². The quantitative estimate of drug-likeness (QED) is 0.379. The van der Waals surface area contributed by atoms with Crippen molar-refractivity contribution in [2.45, 2.75) is 38.7 Å². The molecule has 3 aliphatic carbocycles. The van der Waals surface area contributed by atoms with E-state index >= 15 is 0 Å². The van der Waals surface area contributed by atoms with Gasteiger partial charge < -0.3 is 20.4 Å². The molecule has 0 heterocycles. The fourth-order valence-corrected chi connectivity index (χ4v) is 6.11. The molecule has 2 aromatic carbocycles. The number of allylic oxidation sites excluding steroid dienone is 1. The molecule has 8 heteroatoms. The number of Topliss-reactive ketones (excluding diaryl/α,β-unsaturated/α-hetero) is 3. The maximum absolute atomic E-state index is 13.6. The molecule has 0 amide bonds. The Morgan fingerprint density at radius 3 is 2.42 bits per heavy atom. The van der Waals surface area contributed by atoms with Gasteiger partial charge in [-0.3, -0.25) is 14.4 Å². The third kappa shape index (κ3) is 3.18. The van der Waals surface area contributed by atoms with E-state index in [1.165, 1.54) is 25.1 Å². The minimum atomic E-state index is -2.46. The van der Waals surface area contributed by atoms with Gasteiger partial charge in [0, 0.05) is 11.5 Å². The summed E-state index contributed by atoms with van der Waals surface area (Å²) in [7, 11) is 0. The zero-order valence-electron chi connectivity index (χ0n) is 19.7. The smallest absolute Gasteiger partial charge is 0.335 e. The Kier molecular flexibility index (Phi) is 5.26. The van der Waals surface area contributed by atoms with Crippen molar-refractivity contribution in [1.82, 2.24) is 0 Å². The molecule has 2 aromatic rings. The van der Waals surface area contributed by atoms with E-state index in [1.807, 2.05) is 0 Å². The molecule has 5 rings (SSSR count). The monoisotopic (exact) mass is 488 g/mol. The number of rotatable bonds is 3. The predicted octanol–water partition coefficient (Wildman–Crippen LogP) is 3.40. The van der Waals surface area contributed by atoms with Crippen molar-refractivity contribution in [2.24, 2.45) is 11.8 Å². The maximum Gasteiger partial charge on any atom is 0.335 e. The first-order valence-electron chi connectivity index (χ1n) is 11.6. The third-order valence-electron chi connectivity index (χ3n) is 7.72. The van der Waals surface area contributed by atoms with Gasteiger partial charge in [-0.05, 0) is 73.9 Å². The lowest BCUT2D eigenvalue weighted by atomic mass is 9.57. The third-order valence-corrected chi connectivity index (χ3v) is 7.72. The van der Waals surface area contributed by atoms with E-state index in [1.54, 1.807) is 25.1 Å². The van der Waals surface area contributed by atoms with Gasteiger partial charge in [-0.1, -0.05) is 23.8 Å².